The molecule has 4 rings (SSSR count). The third-order valence-corrected chi connectivity index (χ3v) is 3.95. The Morgan fingerprint density at radius 1 is 1.11 bits per heavy atom. The van der Waals surface area contributed by atoms with Crippen LogP contribution in [0, 0.1) is 6.92 Å². The average Bonchev–Trinajstić information content (AvgIpc) is 3.18. The molecule has 0 fully saturated rings. The number of aromatic nitrogens is 5. The van der Waals surface area contributed by atoms with Crippen LogP contribution in [0.5, 0.6) is 0 Å². The van der Waals surface area contributed by atoms with Crippen LogP contribution in [0.1, 0.15) is 26.5 Å². The van der Waals surface area contributed by atoms with E-state index in [0.717, 1.165) is 27.7 Å². The number of anilines is 2. The number of hydrogen-bond donors (Lipinski definition) is 3. The van der Waals surface area contributed by atoms with Gasteiger partial charge in [0.1, 0.15) is 5.82 Å². The first-order chi connectivity index (χ1) is 12.8. The Morgan fingerprint density at radius 2 is 1.93 bits per heavy atom. The van der Waals surface area contributed by atoms with E-state index in [2.05, 4.69) is 30.5 Å². The molecule has 3 aromatic heterocycles. The molecule has 8 heteroatoms. The van der Waals surface area contributed by atoms with Gasteiger partial charge in [-0.1, -0.05) is 5.10 Å². The molecule has 0 aliphatic heterocycles. The number of nitrogens with zero attached hydrogens (tertiary/aromatic N) is 4. The minimum Gasteiger partial charge on any atom is -0.403 e. The molecule has 0 spiro atoms. The summed E-state index contributed by atoms with van der Waals surface area (Å²) in [7, 11) is 0. The number of H-pyrrole nitrogens is 1. The Bertz CT molecular complexity index is 1100. The highest BCUT2D eigenvalue weighted by atomic mass is 16.4. The molecule has 3 heterocycles. The van der Waals surface area contributed by atoms with Crippen molar-refractivity contribution in [1.29, 1.82) is 0 Å². The minimum absolute atomic E-state index is 0.163. The molecular formula is C19H21N7O. The number of hydrogen-bond acceptors (Lipinski definition) is 7. The lowest BCUT2D eigenvalue weighted by Gasteiger charge is -2.17. The smallest absolute Gasteiger partial charge is 0.316 e. The molecular weight excluding hydrogens is 342 g/mol. The molecule has 0 atom stereocenters. The zero-order valence-corrected chi connectivity index (χ0v) is 15.7. The maximum Gasteiger partial charge on any atom is 0.316 e. The van der Waals surface area contributed by atoms with Gasteiger partial charge in [0.25, 0.3) is 0 Å². The molecule has 0 saturated carbocycles. The quantitative estimate of drug-likeness (QED) is 0.507. The molecule has 0 unspecified atom stereocenters. The Labute approximate surface area is 156 Å². The van der Waals surface area contributed by atoms with Crippen LogP contribution in [-0.2, 0) is 0 Å². The first kappa shape index (κ1) is 17.0. The van der Waals surface area contributed by atoms with Crippen LogP contribution >= 0.6 is 0 Å². The predicted octanol–water partition coefficient (Wildman–Crippen LogP) is 3.78. The lowest BCUT2D eigenvalue weighted by atomic mass is 10.1. The van der Waals surface area contributed by atoms with Gasteiger partial charge in [-0.25, -0.2) is 9.97 Å². The highest BCUT2D eigenvalue weighted by molar-refractivity contribution is 5.96. The van der Waals surface area contributed by atoms with Crippen molar-refractivity contribution >= 4 is 22.7 Å². The standard InChI is InChI=1S/C19H21N7O/c1-10-7-15(20)23-16(22-10)13-9-21-14-6-5-11(8-12(13)14)17-25-26-18(27-17)24-19(2,3)4/h5-9,21H,1-4H3,(H,24,26)(H2,20,22,23). The molecule has 27 heavy (non-hydrogen) atoms. The van der Waals surface area contributed by atoms with E-state index < -0.39 is 0 Å². The molecule has 0 aliphatic carbocycles. The van der Waals surface area contributed by atoms with Crippen LogP contribution in [0.15, 0.2) is 34.9 Å². The second kappa shape index (κ2) is 6.08. The number of fused-ring (bicyclic) bond motifs is 1. The second-order valence-corrected chi connectivity index (χ2v) is 7.51. The summed E-state index contributed by atoms with van der Waals surface area (Å²) in [6.07, 6.45) is 1.88. The fourth-order valence-corrected chi connectivity index (χ4v) is 2.86. The fourth-order valence-electron chi connectivity index (χ4n) is 2.86. The SMILES string of the molecule is Cc1cc(N)nc(-c2c[nH]c3ccc(-c4nnc(NC(C)(C)C)o4)cc23)n1. The van der Waals surface area contributed by atoms with Gasteiger partial charge in [0.05, 0.1) is 0 Å². The maximum absolute atomic E-state index is 5.88. The highest BCUT2D eigenvalue weighted by Gasteiger charge is 2.17. The Kier molecular flexibility index (Phi) is 3.83. The molecule has 138 valence electrons. The summed E-state index contributed by atoms with van der Waals surface area (Å²) in [6.45, 7) is 7.98. The minimum atomic E-state index is -0.163. The summed E-state index contributed by atoms with van der Waals surface area (Å²) < 4.78 is 5.76. The fraction of sp³-hybridized carbons (Fsp3) is 0.263. The number of nitrogen functional groups attached to an aromatic ring is 1. The van der Waals surface area contributed by atoms with Gasteiger partial charge in [-0.05, 0) is 45.9 Å². The first-order valence-electron chi connectivity index (χ1n) is 8.63. The molecule has 1 aromatic carbocycles. The Morgan fingerprint density at radius 3 is 2.67 bits per heavy atom. The van der Waals surface area contributed by atoms with Gasteiger partial charge in [-0.2, -0.15) is 0 Å². The Balaban J connectivity index is 1.76. The van der Waals surface area contributed by atoms with Crippen LogP contribution < -0.4 is 11.1 Å². The van der Waals surface area contributed by atoms with E-state index in [-0.39, 0.29) is 5.54 Å². The first-order valence-corrected chi connectivity index (χ1v) is 8.63. The van der Waals surface area contributed by atoms with Crippen molar-refractivity contribution in [1.82, 2.24) is 25.1 Å². The average molecular weight is 363 g/mol. The third kappa shape index (κ3) is 3.46. The highest BCUT2D eigenvalue weighted by Crippen LogP contribution is 2.31. The zero-order valence-electron chi connectivity index (χ0n) is 15.7. The molecule has 8 nitrogen and oxygen atoms in total. The topological polar surface area (TPSA) is 119 Å². The molecule has 4 aromatic rings. The number of aryl methyl sites for hydroxylation is 1. The van der Waals surface area contributed by atoms with Gasteiger partial charge >= 0.3 is 6.01 Å². The lowest BCUT2D eigenvalue weighted by Crippen LogP contribution is -2.26. The molecule has 0 saturated heterocycles. The van der Waals surface area contributed by atoms with Crippen LogP contribution in [0.2, 0.25) is 0 Å². The molecule has 0 aliphatic rings. The lowest BCUT2D eigenvalue weighted by molar-refractivity contribution is 0.538. The summed E-state index contributed by atoms with van der Waals surface area (Å²) in [6, 6.07) is 8.02. The van der Waals surface area contributed by atoms with E-state index in [1.54, 1.807) is 6.07 Å². The summed E-state index contributed by atoms with van der Waals surface area (Å²) in [5, 5.41) is 12.4. The Hall–Kier alpha value is -3.42. The number of nitrogens with one attached hydrogen (secondary N) is 2. The van der Waals surface area contributed by atoms with Crippen molar-refractivity contribution in [2.75, 3.05) is 11.1 Å². The molecule has 4 N–H and O–H groups in total. The summed E-state index contributed by atoms with van der Waals surface area (Å²) in [4.78, 5) is 12.1. The zero-order chi connectivity index (χ0) is 19.2. The van der Waals surface area contributed by atoms with Crippen LogP contribution in [-0.4, -0.2) is 30.7 Å². The number of rotatable bonds is 3. The van der Waals surface area contributed by atoms with Crippen molar-refractivity contribution in [3.63, 3.8) is 0 Å². The van der Waals surface area contributed by atoms with Gasteiger partial charge in [-0.15, -0.1) is 5.10 Å². The number of benzene rings is 1. The van der Waals surface area contributed by atoms with Crippen molar-refractivity contribution in [2.45, 2.75) is 33.2 Å². The van der Waals surface area contributed by atoms with Crippen molar-refractivity contribution < 1.29 is 4.42 Å². The molecule has 0 amide bonds. The van der Waals surface area contributed by atoms with Crippen LogP contribution in [0.25, 0.3) is 33.7 Å². The van der Waals surface area contributed by atoms with Gasteiger partial charge in [-0.3, -0.25) is 0 Å². The van der Waals surface area contributed by atoms with Crippen LogP contribution in [0.3, 0.4) is 0 Å². The predicted molar refractivity (Wildman–Crippen MR) is 105 cm³/mol. The van der Waals surface area contributed by atoms with Crippen LogP contribution in [0.4, 0.5) is 11.8 Å². The van der Waals surface area contributed by atoms with E-state index in [4.69, 9.17) is 10.2 Å². The molecule has 0 bridgehead atoms. The van der Waals surface area contributed by atoms with Crippen molar-refractivity contribution in [2.24, 2.45) is 0 Å². The van der Waals surface area contributed by atoms with Gasteiger partial charge < -0.3 is 20.5 Å². The summed E-state index contributed by atoms with van der Waals surface area (Å²) >= 11 is 0. The van der Waals surface area contributed by atoms with E-state index in [1.807, 2.05) is 52.1 Å². The van der Waals surface area contributed by atoms with E-state index in [9.17, 15) is 0 Å². The molecule has 0 radical (unpaired) electrons. The number of nitrogens with two attached hydrogens (primary N) is 1. The largest absolute Gasteiger partial charge is 0.403 e. The van der Waals surface area contributed by atoms with Crippen molar-refractivity contribution in [3.8, 4) is 22.8 Å². The second-order valence-electron chi connectivity index (χ2n) is 7.51. The maximum atomic E-state index is 5.88. The summed E-state index contributed by atoms with van der Waals surface area (Å²) in [5.74, 6) is 1.47. The monoisotopic (exact) mass is 363 g/mol. The normalized spacial score (nSPS) is 11.9. The number of aromatic amines is 1. The van der Waals surface area contributed by atoms with Gasteiger partial charge in [0.2, 0.25) is 5.89 Å². The van der Waals surface area contributed by atoms with E-state index in [0.29, 0.717) is 23.5 Å². The van der Waals surface area contributed by atoms with Gasteiger partial charge in [0, 0.05) is 45.5 Å². The van der Waals surface area contributed by atoms with Gasteiger partial charge in [0.15, 0.2) is 5.82 Å². The van der Waals surface area contributed by atoms with Crippen molar-refractivity contribution in [3.05, 3.63) is 36.2 Å². The third-order valence-electron chi connectivity index (χ3n) is 3.95. The summed E-state index contributed by atoms with van der Waals surface area (Å²) in [5.41, 5.74) is 9.19. The van der Waals surface area contributed by atoms with E-state index >= 15 is 0 Å². The van der Waals surface area contributed by atoms with E-state index in [1.165, 1.54) is 0 Å².